The molecular formula is C10H11ClN4O. The average Bonchev–Trinajstić information content (AvgIpc) is 2.75. The molecule has 0 saturated heterocycles. The van der Waals surface area contributed by atoms with Crippen LogP contribution in [0.5, 0.6) is 0 Å². The van der Waals surface area contributed by atoms with Gasteiger partial charge < -0.3 is 4.74 Å². The number of benzene rings is 1. The molecule has 1 aromatic heterocycles. The molecule has 2 aromatic rings. The van der Waals surface area contributed by atoms with Gasteiger partial charge in [-0.3, -0.25) is 0 Å². The molecule has 0 bridgehead atoms. The minimum atomic E-state index is 0.591. The summed E-state index contributed by atoms with van der Waals surface area (Å²) < 4.78 is 6.67. The van der Waals surface area contributed by atoms with Gasteiger partial charge in [-0.2, -0.15) is 4.68 Å². The van der Waals surface area contributed by atoms with E-state index in [1.807, 2.05) is 12.1 Å². The number of nitrogens with zero attached hydrogens (tertiary/aromatic N) is 4. The summed E-state index contributed by atoms with van der Waals surface area (Å²) in [6, 6.07) is 7.35. The minimum Gasteiger partial charge on any atom is -0.384 e. The summed E-state index contributed by atoms with van der Waals surface area (Å²) in [5.41, 5.74) is 0.889. The molecule has 16 heavy (non-hydrogen) atoms. The number of halogens is 1. The lowest BCUT2D eigenvalue weighted by atomic mass is 10.3. The molecule has 6 heteroatoms. The molecule has 1 heterocycles. The van der Waals surface area contributed by atoms with Gasteiger partial charge in [0, 0.05) is 18.6 Å². The molecule has 5 nitrogen and oxygen atoms in total. The topological polar surface area (TPSA) is 52.8 Å². The second-order valence-corrected chi connectivity index (χ2v) is 3.66. The van der Waals surface area contributed by atoms with Gasteiger partial charge in [0.25, 0.3) is 0 Å². The van der Waals surface area contributed by atoms with Crippen LogP contribution >= 0.6 is 11.6 Å². The van der Waals surface area contributed by atoms with Crippen molar-refractivity contribution in [1.82, 2.24) is 20.2 Å². The van der Waals surface area contributed by atoms with Crippen LogP contribution in [0.2, 0.25) is 5.02 Å². The van der Waals surface area contributed by atoms with Crippen LogP contribution in [-0.4, -0.2) is 33.9 Å². The van der Waals surface area contributed by atoms with Gasteiger partial charge in [-0.15, -0.1) is 5.10 Å². The molecule has 0 aliphatic rings. The molecule has 0 atom stereocenters. The number of tetrazole rings is 1. The first-order valence-corrected chi connectivity index (χ1v) is 5.21. The van der Waals surface area contributed by atoms with Crippen LogP contribution < -0.4 is 0 Å². The maximum atomic E-state index is 5.82. The SMILES string of the molecule is COCCc1nnnn1-c1ccc(Cl)cc1. The van der Waals surface area contributed by atoms with E-state index < -0.39 is 0 Å². The first-order valence-electron chi connectivity index (χ1n) is 4.83. The van der Waals surface area contributed by atoms with Gasteiger partial charge in [-0.1, -0.05) is 11.6 Å². The van der Waals surface area contributed by atoms with Crippen LogP contribution in [0.4, 0.5) is 0 Å². The predicted octanol–water partition coefficient (Wildman–Crippen LogP) is 1.50. The zero-order chi connectivity index (χ0) is 11.4. The number of hydrogen-bond donors (Lipinski definition) is 0. The first kappa shape index (κ1) is 11.0. The van der Waals surface area contributed by atoms with Crippen LogP contribution in [-0.2, 0) is 11.2 Å². The number of hydrogen-bond acceptors (Lipinski definition) is 4. The lowest BCUT2D eigenvalue weighted by Crippen LogP contribution is -2.06. The van der Waals surface area contributed by atoms with Crippen molar-refractivity contribution in [2.45, 2.75) is 6.42 Å². The third-order valence-corrected chi connectivity index (χ3v) is 2.39. The standard InChI is InChI=1S/C10H11ClN4O/c1-16-7-6-10-12-13-14-15(10)9-4-2-8(11)3-5-9/h2-5H,6-7H2,1H3. The molecule has 0 radical (unpaired) electrons. The number of aromatic nitrogens is 4. The molecule has 0 spiro atoms. The van der Waals surface area contributed by atoms with E-state index in [-0.39, 0.29) is 0 Å². The minimum absolute atomic E-state index is 0.591. The van der Waals surface area contributed by atoms with Crippen LogP contribution in [0.1, 0.15) is 5.82 Å². The van der Waals surface area contributed by atoms with Gasteiger partial charge in [0.05, 0.1) is 12.3 Å². The molecule has 2 rings (SSSR count). The quantitative estimate of drug-likeness (QED) is 0.810. The van der Waals surface area contributed by atoms with Crippen molar-refractivity contribution < 1.29 is 4.74 Å². The Morgan fingerprint density at radius 2 is 2.06 bits per heavy atom. The highest BCUT2D eigenvalue weighted by molar-refractivity contribution is 6.30. The molecule has 0 aliphatic heterocycles. The molecule has 1 aromatic carbocycles. The van der Waals surface area contributed by atoms with E-state index in [0.717, 1.165) is 11.5 Å². The van der Waals surface area contributed by atoms with Gasteiger partial charge >= 0.3 is 0 Å². The summed E-state index contributed by atoms with van der Waals surface area (Å²) in [5, 5.41) is 12.2. The van der Waals surface area contributed by atoms with E-state index in [1.165, 1.54) is 0 Å². The highest BCUT2D eigenvalue weighted by atomic mass is 35.5. The zero-order valence-electron chi connectivity index (χ0n) is 8.80. The highest BCUT2D eigenvalue weighted by Gasteiger charge is 2.07. The van der Waals surface area contributed by atoms with E-state index in [1.54, 1.807) is 23.9 Å². The van der Waals surface area contributed by atoms with Gasteiger partial charge in [0.2, 0.25) is 0 Å². The Hall–Kier alpha value is -1.46. The summed E-state index contributed by atoms with van der Waals surface area (Å²) in [6.07, 6.45) is 0.673. The Kier molecular flexibility index (Phi) is 3.48. The summed E-state index contributed by atoms with van der Waals surface area (Å²) in [7, 11) is 1.65. The molecule has 84 valence electrons. The van der Waals surface area contributed by atoms with Crippen LogP contribution in [0.15, 0.2) is 24.3 Å². The molecule has 0 N–H and O–H groups in total. The van der Waals surface area contributed by atoms with Gasteiger partial charge in [0.15, 0.2) is 5.82 Å². The molecule has 0 aliphatic carbocycles. The summed E-state index contributed by atoms with van der Waals surface area (Å²) in [5.74, 6) is 0.768. The largest absolute Gasteiger partial charge is 0.384 e. The molecular weight excluding hydrogens is 228 g/mol. The molecule has 0 saturated carbocycles. The Labute approximate surface area is 98.0 Å². The van der Waals surface area contributed by atoms with E-state index in [0.29, 0.717) is 18.1 Å². The van der Waals surface area contributed by atoms with E-state index in [2.05, 4.69) is 15.5 Å². The monoisotopic (exact) mass is 238 g/mol. The number of rotatable bonds is 4. The first-order chi connectivity index (χ1) is 7.81. The van der Waals surface area contributed by atoms with Crippen LogP contribution in [0.3, 0.4) is 0 Å². The van der Waals surface area contributed by atoms with Gasteiger partial charge in [0.1, 0.15) is 0 Å². The maximum absolute atomic E-state index is 5.82. The third-order valence-electron chi connectivity index (χ3n) is 2.14. The second kappa shape index (κ2) is 5.05. The normalized spacial score (nSPS) is 10.6. The predicted molar refractivity (Wildman–Crippen MR) is 59.7 cm³/mol. The Balaban J connectivity index is 2.26. The smallest absolute Gasteiger partial charge is 0.159 e. The fourth-order valence-corrected chi connectivity index (χ4v) is 1.46. The summed E-state index contributed by atoms with van der Waals surface area (Å²) >= 11 is 5.82. The van der Waals surface area contributed by atoms with E-state index in [4.69, 9.17) is 16.3 Å². The fraction of sp³-hybridized carbons (Fsp3) is 0.300. The zero-order valence-corrected chi connectivity index (χ0v) is 9.55. The van der Waals surface area contributed by atoms with Crippen LogP contribution in [0, 0.1) is 0 Å². The van der Waals surface area contributed by atoms with Crippen molar-refractivity contribution >= 4 is 11.6 Å². The number of ether oxygens (including phenoxy) is 1. The Morgan fingerprint density at radius 3 is 2.75 bits per heavy atom. The fourth-order valence-electron chi connectivity index (χ4n) is 1.34. The molecule has 0 unspecified atom stereocenters. The highest BCUT2D eigenvalue weighted by Crippen LogP contribution is 2.13. The Bertz CT molecular complexity index is 454. The van der Waals surface area contributed by atoms with Crippen molar-refractivity contribution in [3.63, 3.8) is 0 Å². The Morgan fingerprint density at radius 1 is 1.31 bits per heavy atom. The lowest BCUT2D eigenvalue weighted by Gasteiger charge is -2.03. The summed E-state index contributed by atoms with van der Waals surface area (Å²) in [4.78, 5) is 0. The average molecular weight is 239 g/mol. The van der Waals surface area contributed by atoms with E-state index in [9.17, 15) is 0 Å². The van der Waals surface area contributed by atoms with Gasteiger partial charge in [-0.25, -0.2) is 0 Å². The molecule has 0 fully saturated rings. The maximum Gasteiger partial charge on any atom is 0.159 e. The number of methoxy groups -OCH3 is 1. The van der Waals surface area contributed by atoms with Crippen LogP contribution in [0.25, 0.3) is 5.69 Å². The van der Waals surface area contributed by atoms with Crippen molar-refractivity contribution in [1.29, 1.82) is 0 Å². The van der Waals surface area contributed by atoms with E-state index >= 15 is 0 Å². The summed E-state index contributed by atoms with van der Waals surface area (Å²) in [6.45, 7) is 0.591. The third kappa shape index (κ3) is 2.37. The molecule has 0 amide bonds. The van der Waals surface area contributed by atoms with Crippen molar-refractivity contribution in [2.75, 3.05) is 13.7 Å². The van der Waals surface area contributed by atoms with Gasteiger partial charge in [-0.05, 0) is 34.7 Å². The second-order valence-electron chi connectivity index (χ2n) is 3.23. The van der Waals surface area contributed by atoms with Crippen molar-refractivity contribution in [3.8, 4) is 5.69 Å². The lowest BCUT2D eigenvalue weighted by molar-refractivity contribution is 0.200. The van der Waals surface area contributed by atoms with Crippen molar-refractivity contribution in [2.24, 2.45) is 0 Å². The van der Waals surface area contributed by atoms with Crippen molar-refractivity contribution in [3.05, 3.63) is 35.1 Å².